The van der Waals surface area contributed by atoms with Crippen molar-refractivity contribution in [2.45, 2.75) is 45.6 Å². The zero-order valence-corrected chi connectivity index (χ0v) is 12.2. The smallest absolute Gasteiger partial charge is 0.0506 e. The predicted octanol–water partition coefficient (Wildman–Crippen LogP) is 2.12. The van der Waals surface area contributed by atoms with Crippen molar-refractivity contribution in [1.82, 2.24) is 10.2 Å². The van der Waals surface area contributed by atoms with Gasteiger partial charge in [-0.1, -0.05) is 13.8 Å². The molecular weight excluding hydrogens is 224 g/mol. The van der Waals surface area contributed by atoms with Crippen molar-refractivity contribution in [2.75, 3.05) is 39.4 Å². The van der Waals surface area contributed by atoms with Crippen LogP contribution >= 0.6 is 0 Å². The van der Waals surface area contributed by atoms with E-state index in [1.54, 1.807) is 0 Å². The van der Waals surface area contributed by atoms with Gasteiger partial charge >= 0.3 is 0 Å². The first-order chi connectivity index (χ1) is 8.74. The molecule has 0 amide bonds. The average molecular weight is 254 g/mol. The Morgan fingerprint density at radius 1 is 1.22 bits per heavy atom. The fourth-order valence-corrected chi connectivity index (χ4v) is 3.20. The van der Waals surface area contributed by atoms with Crippen LogP contribution < -0.4 is 5.32 Å². The zero-order valence-electron chi connectivity index (χ0n) is 12.2. The summed E-state index contributed by atoms with van der Waals surface area (Å²) >= 11 is 0. The molecule has 3 nitrogen and oxygen atoms in total. The van der Waals surface area contributed by atoms with E-state index in [1.165, 1.54) is 51.9 Å². The molecule has 0 aliphatic carbocycles. The fourth-order valence-electron chi connectivity index (χ4n) is 3.20. The van der Waals surface area contributed by atoms with E-state index in [0.29, 0.717) is 6.04 Å². The molecule has 2 aliphatic rings. The number of nitrogens with one attached hydrogen (secondary N) is 1. The second kappa shape index (κ2) is 7.46. The predicted molar refractivity (Wildman–Crippen MR) is 75.8 cm³/mol. The molecule has 3 heteroatoms. The van der Waals surface area contributed by atoms with E-state index >= 15 is 0 Å². The number of piperidine rings is 1. The van der Waals surface area contributed by atoms with Crippen molar-refractivity contribution in [3.8, 4) is 0 Å². The zero-order chi connectivity index (χ0) is 12.8. The van der Waals surface area contributed by atoms with Crippen LogP contribution in [0.15, 0.2) is 0 Å². The molecule has 2 heterocycles. The molecule has 2 saturated heterocycles. The van der Waals surface area contributed by atoms with E-state index in [4.69, 9.17) is 4.74 Å². The Morgan fingerprint density at radius 2 is 2.06 bits per heavy atom. The number of hydrogen-bond acceptors (Lipinski definition) is 3. The third-order valence-corrected chi connectivity index (χ3v) is 4.19. The Kier molecular flexibility index (Phi) is 5.93. The van der Waals surface area contributed by atoms with Gasteiger partial charge in [0.25, 0.3) is 0 Å². The van der Waals surface area contributed by atoms with Crippen LogP contribution in [0.25, 0.3) is 0 Å². The van der Waals surface area contributed by atoms with Gasteiger partial charge in [-0.15, -0.1) is 0 Å². The fraction of sp³-hybridized carbons (Fsp3) is 1.00. The number of likely N-dealkylation sites (tertiary alicyclic amines) is 1. The first kappa shape index (κ1) is 14.3. The van der Waals surface area contributed by atoms with Crippen LogP contribution in [0.3, 0.4) is 0 Å². The van der Waals surface area contributed by atoms with Gasteiger partial charge in [0.05, 0.1) is 6.61 Å². The van der Waals surface area contributed by atoms with E-state index < -0.39 is 0 Å². The van der Waals surface area contributed by atoms with Gasteiger partial charge in [0, 0.05) is 25.7 Å². The molecule has 1 N–H and O–H groups in total. The molecule has 2 fully saturated rings. The van der Waals surface area contributed by atoms with Crippen molar-refractivity contribution in [2.24, 2.45) is 11.8 Å². The molecule has 2 unspecified atom stereocenters. The van der Waals surface area contributed by atoms with Gasteiger partial charge in [-0.2, -0.15) is 0 Å². The van der Waals surface area contributed by atoms with Crippen LogP contribution in [-0.2, 0) is 4.74 Å². The third kappa shape index (κ3) is 4.87. The summed E-state index contributed by atoms with van der Waals surface area (Å²) in [5.41, 5.74) is 0. The molecule has 0 aromatic heterocycles. The van der Waals surface area contributed by atoms with Crippen LogP contribution in [0.1, 0.15) is 39.5 Å². The summed E-state index contributed by atoms with van der Waals surface area (Å²) in [6.45, 7) is 11.5. The highest BCUT2D eigenvalue weighted by molar-refractivity contribution is 4.78. The Hall–Kier alpha value is -0.120. The lowest BCUT2D eigenvalue weighted by atomic mass is 9.95. The van der Waals surface area contributed by atoms with Crippen molar-refractivity contribution in [3.05, 3.63) is 0 Å². The number of rotatable bonds is 5. The Labute approximate surface area is 112 Å². The van der Waals surface area contributed by atoms with Gasteiger partial charge in [-0.3, -0.25) is 0 Å². The standard InChI is InChI=1S/C15H30N2O/c1-13(2)16-9-14-5-3-7-17(10-14)11-15-6-4-8-18-12-15/h13-16H,3-12H2,1-2H3. The van der Waals surface area contributed by atoms with Crippen molar-refractivity contribution >= 4 is 0 Å². The van der Waals surface area contributed by atoms with Gasteiger partial charge in [0.15, 0.2) is 0 Å². The number of ether oxygens (including phenoxy) is 1. The van der Waals surface area contributed by atoms with Crippen molar-refractivity contribution in [3.63, 3.8) is 0 Å². The number of hydrogen-bond donors (Lipinski definition) is 1. The Bertz CT molecular complexity index is 227. The summed E-state index contributed by atoms with van der Waals surface area (Å²) in [7, 11) is 0. The molecule has 0 bridgehead atoms. The van der Waals surface area contributed by atoms with Crippen LogP contribution in [0, 0.1) is 11.8 Å². The van der Waals surface area contributed by atoms with Gasteiger partial charge in [0.1, 0.15) is 0 Å². The van der Waals surface area contributed by atoms with Gasteiger partial charge in [-0.05, 0) is 50.6 Å². The highest BCUT2D eigenvalue weighted by atomic mass is 16.5. The molecule has 0 radical (unpaired) electrons. The molecule has 2 rings (SSSR count). The maximum Gasteiger partial charge on any atom is 0.0506 e. The molecule has 106 valence electrons. The first-order valence-electron chi connectivity index (χ1n) is 7.77. The lowest BCUT2D eigenvalue weighted by Crippen LogP contribution is -2.43. The maximum atomic E-state index is 5.59. The summed E-state index contributed by atoms with van der Waals surface area (Å²) in [6.07, 6.45) is 5.40. The summed E-state index contributed by atoms with van der Waals surface area (Å²) < 4.78 is 5.59. The second-order valence-electron chi connectivity index (χ2n) is 6.41. The summed E-state index contributed by atoms with van der Waals surface area (Å²) in [5.74, 6) is 1.64. The minimum atomic E-state index is 0.618. The summed E-state index contributed by atoms with van der Waals surface area (Å²) in [6, 6.07) is 0.618. The van der Waals surface area contributed by atoms with Crippen molar-refractivity contribution < 1.29 is 4.74 Å². The lowest BCUT2D eigenvalue weighted by molar-refractivity contribution is 0.0310. The maximum absolute atomic E-state index is 5.59. The van der Waals surface area contributed by atoms with Crippen LogP contribution in [0.4, 0.5) is 0 Å². The first-order valence-corrected chi connectivity index (χ1v) is 7.77. The van der Waals surface area contributed by atoms with Gasteiger partial charge in [-0.25, -0.2) is 0 Å². The van der Waals surface area contributed by atoms with E-state index in [0.717, 1.165) is 25.0 Å². The Balaban J connectivity index is 1.68. The van der Waals surface area contributed by atoms with Gasteiger partial charge in [0.2, 0.25) is 0 Å². The van der Waals surface area contributed by atoms with E-state index in [2.05, 4.69) is 24.1 Å². The SMILES string of the molecule is CC(C)NCC1CCCN(CC2CCCOC2)C1. The molecule has 0 saturated carbocycles. The average Bonchev–Trinajstić information content (AvgIpc) is 2.38. The highest BCUT2D eigenvalue weighted by Crippen LogP contribution is 2.20. The minimum Gasteiger partial charge on any atom is -0.381 e. The number of nitrogens with zero attached hydrogens (tertiary/aromatic N) is 1. The molecular formula is C15H30N2O. The summed E-state index contributed by atoms with van der Waals surface area (Å²) in [5, 5.41) is 3.59. The van der Waals surface area contributed by atoms with E-state index in [-0.39, 0.29) is 0 Å². The minimum absolute atomic E-state index is 0.618. The lowest BCUT2D eigenvalue weighted by Gasteiger charge is -2.36. The Morgan fingerprint density at radius 3 is 2.78 bits per heavy atom. The molecule has 2 atom stereocenters. The topological polar surface area (TPSA) is 24.5 Å². The molecule has 0 spiro atoms. The van der Waals surface area contributed by atoms with E-state index in [1.807, 2.05) is 0 Å². The van der Waals surface area contributed by atoms with Crippen LogP contribution in [0.2, 0.25) is 0 Å². The quantitative estimate of drug-likeness (QED) is 0.813. The van der Waals surface area contributed by atoms with Crippen LogP contribution in [0.5, 0.6) is 0 Å². The molecule has 0 aromatic rings. The molecule has 18 heavy (non-hydrogen) atoms. The third-order valence-electron chi connectivity index (χ3n) is 4.19. The summed E-state index contributed by atoms with van der Waals surface area (Å²) in [4.78, 5) is 2.68. The van der Waals surface area contributed by atoms with E-state index in [9.17, 15) is 0 Å². The molecule has 2 aliphatic heterocycles. The second-order valence-corrected chi connectivity index (χ2v) is 6.41. The monoisotopic (exact) mass is 254 g/mol. The van der Waals surface area contributed by atoms with Crippen molar-refractivity contribution in [1.29, 1.82) is 0 Å². The normalized spacial score (nSPS) is 30.8. The van der Waals surface area contributed by atoms with Crippen LogP contribution in [-0.4, -0.2) is 50.3 Å². The molecule has 0 aromatic carbocycles. The van der Waals surface area contributed by atoms with Gasteiger partial charge < -0.3 is 15.0 Å². The largest absolute Gasteiger partial charge is 0.381 e. The highest BCUT2D eigenvalue weighted by Gasteiger charge is 2.23.